The summed E-state index contributed by atoms with van der Waals surface area (Å²) in [6.07, 6.45) is -0.466. The van der Waals surface area contributed by atoms with Gasteiger partial charge in [-0.25, -0.2) is 9.37 Å². The minimum absolute atomic E-state index is 0.250. The topological polar surface area (TPSA) is 74.4 Å². The molecule has 3 aromatic heterocycles. The molecule has 3 aromatic rings. The summed E-state index contributed by atoms with van der Waals surface area (Å²) in [5.41, 5.74) is -2.30. The first kappa shape index (κ1) is 21.9. The lowest BCUT2D eigenvalue weighted by Crippen LogP contribution is -2.45. The van der Waals surface area contributed by atoms with Crippen LogP contribution in [0, 0.1) is 5.82 Å². The molecule has 0 saturated carbocycles. The average molecular weight is 427 g/mol. The maximum atomic E-state index is 14.4. The van der Waals surface area contributed by atoms with Crippen molar-refractivity contribution in [2.45, 2.75) is 52.0 Å². The summed E-state index contributed by atoms with van der Waals surface area (Å²) in [6.45, 7) is 7.59. The second kappa shape index (κ2) is 7.46. The molecule has 0 spiro atoms. The van der Waals surface area contributed by atoms with Crippen LogP contribution >= 0.6 is 0 Å². The first-order valence-electron chi connectivity index (χ1n) is 9.12. The molecule has 7 nitrogen and oxygen atoms in total. The number of alkyl halides is 3. The van der Waals surface area contributed by atoms with Crippen LogP contribution in [0.5, 0.6) is 5.88 Å². The Morgan fingerprint density at radius 2 is 1.73 bits per heavy atom. The van der Waals surface area contributed by atoms with Crippen LogP contribution in [-0.2, 0) is 10.3 Å². The third-order valence-electron chi connectivity index (χ3n) is 4.47. The third kappa shape index (κ3) is 4.07. The highest BCUT2D eigenvalue weighted by Crippen LogP contribution is 2.35. The summed E-state index contributed by atoms with van der Waals surface area (Å²) >= 11 is 0. The second-order valence-corrected chi connectivity index (χ2v) is 7.59. The lowest BCUT2D eigenvalue weighted by molar-refractivity contribution is -0.235. The number of ether oxygens (including phenoxy) is 2. The number of aromatic nitrogens is 5. The van der Waals surface area contributed by atoms with Gasteiger partial charge in [-0.1, -0.05) is 0 Å². The van der Waals surface area contributed by atoms with Crippen molar-refractivity contribution < 1.29 is 27.0 Å². The van der Waals surface area contributed by atoms with Gasteiger partial charge in [-0.2, -0.15) is 13.2 Å². The molecule has 0 N–H and O–H groups in total. The summed E-state index contributed by atoms with van der Waals surface area (Å²) in [5.74, 6) is -1.27. The summed E-state index contributed by atoms with van der Waals surface area (Å²) < 4.78 is 65.6. The zero-order valence-electron chi connectivity index (χ0n) is 17.1. The SMILES string of the molecule is CCOC(C)(C)c1nnc2cnc(-c3cnc(OC(C)(C)C(F)(F)F)c(F)c3)cn12. The largest absolute Gasteiger partial charge is 0.460 e. The number of nitrogens with zero attached hydrogens (tertiary/aromatic N) is 5. The third-order valence-corrected chi connectivity index (χ3v) is 4.47. The van der Waals surface area contributed by atoms with E-state index in [0.29, 0.717) is 23.8 Å². The molecule has 0 aliphatic carbocycles. The number of fused-ring (bicyclic) bond motifs is 1. The molecule has 0 aromatic carbocycles. The number of pyridine rings is 1. The molecule has 0 fully saturated rings. The molecule has 0 radical (unpaired) electrons. The van der Waals surface area contributed by atoms with Crippen molar-refractivity contribution in [1.82, 2.24) is 24.6 Å². The Hall–Kier alpha value is -2.82. The molecule has 0 atom stereocenters. The van der Waals surface area contributed by atoms with Gasteiger partial charge in [0, 0.05) is 24.6 Å². The minimum atomic E-state index is -4.69. The number of rotatable bonds is 6. The van der Waals surface area contributed by atoms with E-state index in [1.807, 2.05) is 20.8 Å². The molecule has 3 rings (SSSR count). The molecule has 3 heterocycles. The monoisotopic (exact) mass is 427 g/mol. The molecule has 0 aliphatic rings. The molecule has 30 heavy (non-hydrogen) atoms. The van der Waals surface area contributed by atoms with Gasteiger partial charge < -0.3 is 9.47 Å². The van der Waals surface area contributed by atoms with Crippen LogP contribution in [0.3, 0.4) is 0 Å². The van der Waals surface area contributed by atoms with E-state index in [-0.39, 0.29) is 5.56 Å². The van der Waals surface area contributed by atoms with Crippen LogP contribution in [0.4, 0.5) is 17.6 Å². The highest BCUT2D eigenvalue weighted by atomic mass is 19.4. The fourth-order valence-electron chi connectivity index (χ4n) is 2.73. The highest BCUT2D eigenvalue weighted by molar-refractivity contribution is 5.59. The van der Waals surface area contributed by atoms with Crippen LogP contribution in [0.15, 0.2) is 24.7 Å². The van der Waals surface area contributed by atoms with Crippen LogP contribution in [0.2, 0.25) is 0 Å². The Balaban J connectivity index is 1.97. The van der Waals surface area contributed by atoms with E-state index < -0.39 is 29.1 Å². The van der Waals surface area contributed by atoms with Gasteiger partial charge in [0.25, 0.3) is 5.88 Å². The van der Waals surface area contributed by atoms with E-state index >= 15 is 0 Å². The molecule has 162 valence electrons. The lowest BCUT2D eigenvalue weighted by atomic mass is 10.1. The van der Waals surface area contributed by atoms with Crippen molar-refractivity contribution in [1.29, 1.82) is 0 Å². The summed E-state index contributed by atoms with van der Waals surface area (Å²) in [7, 11) is 0. The van der Waals surface area contributed by atoms with Gasteiger partial charge in [-0.05, 0) is 40.7 Å². The van der Waals surface area contributed by atoms with Crippen molar-refractivity contribution >= 4 is 5.65 Å². The predicted molar refractivity (Wildman–Crippen MR) is 99.4 cm³/mol. The Kier molecular flexibility index (Phi) is 5.44. The van der Waals surface area contributed by atoms with E-state index in [1.54, 1.807) is 10.6 Å². The fourth-order valence-corrected chi connectivity index (χ4v) is 2.73. The zero-order chi connectivity index (χ0) is 22.3. The maximum Gasteiger partial charge on any atom is 0.427 e. The Morgan fingerprint density at radius 1 is 1.03 bits per heavy atom. The molecule has 0 unspecified atom stereocenters. The molecule has 11 heteroatoms. The van der Waals surface area contributed by atoms with E-state index in [1.165, 1.54) is 12.4 Å². The maximum absolute atomic E-state index is 14.4. The Morgan fingerprint density at radius 3 is 2.33 bits per heavy atom. The number of hydrogen-bond acceptors (Lipinski definition) is 6. The lowest BCUT2D eigenvalue weighted by Gasteiger charge is -2.28. The van der Waals surface area contributed by atoms with Crippen molar-refractivity contribution in [3.8, 4) is 17.1 Å². The first-order valence-corrected chi connectivity index (χ1v) is 9.12. The van der Waals surface area contributed by atoms with E-state index in [9.17, 15) is 17.6 Å². The predicted octanol–water partition coefficient (Wildman–Crippen LogP) is 4.32. The summed E-state index contributed by atoms with van der Waals surface area (Å²) in [4.78, 5) is 7.93. The van der Waals surface area contributed by atoms with Crippen LogP contribution in [0.25, 0.3) is 16.9 Å². The smallest absolute Gasteiger partial charge is 0.427 e. The van der Waals surface area contributed by atoms with Crippen LogP contribution < -0.4 is 4.74 Å². The van der Waals surface area contributed by atoms with Gasteiger partial charge in [0.2, 0.25) is 0 Å². The fraction of sp³-hybridized carbons (Fsp3) is 0.474. The minimum Gasteiger partial charge on any atom is -0.460 e. The van der Waals surface area contributed by atoms with Crippen LogP contribution in [-0.4, -0.2) is 43.0 Å². The highest BCUT2D eigenvalue weighted by Gasteiger charge is 2.50. The van der Waals surface area contributed by atoms with E-state index in [2.05, 4.69) is 20.2 Å². The van der Waals surface area contributed by atoms with Crippen LogP contribution in [0.1, 0.15) is 40.4 Å². The van der Waals surface area contributed by atoms with Gasteiger partial charge in [0.15, 0.2) is 22.9 Å². The molecule has 0 saturated heterocycles. The average Bonchev–Trinajstić information content (AvgIpc) is 3.06. The van der Waals surface area contributed by atoms with E-state index in [4.69, 9.17) is 9.47 Å². The summed E-state index contributed by atoms with van der Waals surface area (Å²) in [6, 6.07) is 1.01. The van der Waals surface area contributed by atoms with E-state index in [0.717, 1.165) is 19.9 Å². The molecule has 0 bridgehead atoms. The Bertz CT molecular complexity index is 1060. The normalized spacial score (nSPS) is 13.1. The summed E-state index contributed by atoms with van der Waals surface area (Å²) in [5, 5.41) is 8.20. The van der Waals surface area contributed by atoms with Gasteiger partial charge in [-0.15, -0.1) is 10.2 Å². The number of halogens is 4. The zero-order valence-corrected chi connectivity index (χ0v) is 17.1. The molecular formula is C19H21F4N5O2. The van der Waals surface area contributed by atoms with Crippen molar-refractivity contribution in [3.05, 3.63) is 36.3 Å². The standard InChI is InChI=1S/C19H21F4N5O2/c1-6-29-17(2,3)16-27-26-14-9-24-13(10-28(14)16)11-7-12(20)15(25-8-11)30-18(4,5)19(21,22)23/h7-10H,6H2,1-5H3. The van der Waals surface area contributed by atoms with Crippen molar-refractivity contribution in [3.63, 3.8) is 0 Å². The van der Waals surface area contributed by atoms with Gasteiger partial charge >= 0.3 is 6.18 Å². The quantitative estimate of drug-likeness (QED) is 0.546. The van der Waals surface area contributed by atoms with Gasteiger partial charge in [0.05, 0.1) is 11.9 Å². The van der Waals surface area contributed by atoms with Crippen molar-refractivity contribution in [2.24, 2.45) is 0 Å². The molecule has 0 aliphatic heterocycles. The van der Waals surface area contributed by atoms with Gasteiger partial charge in [0.1, 0.15) is 5.60 Å². The Labute approximate surface area is 170 Å². The second-order valence-electron chi connectivity index (χ2n) is 7.59. The molecular weight excluding hydrogens is 406 g/mol. The van der Waals surface area contributed by atoms with Crippen molar-refractivity contribution in [2.75, 3.05) is 6.61 Å². The molecule has 0 amide bonds. The van der Waals surface area contributed by atoms with Gasteiger partial charge in [-0.3, -0.25) is 9.38 Å². The first-order chi connectivity index (χ1) is 13.9. The number of hydrogen-bond donors (Lipinski definition) is 0.